The molecule has 1 amide bonds. The number of carbonyl (C=O) groups is 1. The molecule has 0 N–H and O–H groups in total. The summed E-state index contributed by atoms with van der Waals surface area (Å²) < 4.78 is 13.2. The van der Waals surface area contributed by atoms with E-state index in [1.165, 1.54) is 0 Å². The number of amides is 1. The van der Waals surface area contributed by atoms with Crippen LogP contribution in [-0.2, 0) is 17.8 Å². The van der Waals surface area contributed by atoms with Crippen LogP contribution in [-0.4, -0.2) is 41.5 Å². The molecule has 36 heavy (non-hydrogen) atoms. The molecular formula is C26H33ClN6O3. The Bertz CT molecular complexity index is 1250. The van der Waals surface area contributed by atoms with Gasteiger partial charge in [-0.25, -0.2) is 4.79 Å². The lowest BCUT2D eigenvalue weighted by atomic mass is 9.81. The van der Waals surface area contributed by atoms with Crippen molar-refractivity contribution in [2.24, 2.45) is 0 Å². The van der Waals surface area contributed by atoms with Crippen molar-refractivity contribution in [2.45, 2.75) is 96.7 Å². The van der Waals surface area contributed by atoms with Crippen molar-refractivity contribution < 1.29 is 14.1 Å². The second-order valence-corrected chi connectivity index (χ2v) is 11.5. The summed E-state index contributed by atoms with van der Waals surface area (Å²) in [6, 6.07) is 5.77. The zero-order valence-corrected chi connectivity index (χ0v) is 22.2. The lowest BCUT2D eigenvalue weighted by molar-refractivity contribution is 0.0214. The van der Waals surface area contributed by atoms with Crippen LogP contribution in [0.1, 0.15) is 107 Å². The predicted molar refractivity (Wildman–Crippen MR) is 134 cm³/mol. The third kappa shape index (κ3) is 4.98. The summed E-state index contributed by atoms with van der Waals surface area (Å²) in [7, 11) is 0. The first kappa shape index (κ1) is 24.7. The molecule has 1 fully saturated rings. The van der Waals surface area contributed by atoms with E-state index in [0.29, 0.717) is 24.0 Å². The van der Waals surface area contributed by atoms with Gasteiger partial charge in [-0.15, -0.1) is 10.2 Å². The summed E-state index contributed by atoms with van der Waals surface area (Å²) in [6.07, 6.45) is 3.44. The number of fused-ring (bicyclic) bond motifs is 3. The predicted octanol–water partition coefficient (Wildman–Crippen LogP) is 6.12. The molecule has 1 aromatic carbocycles. The molecule has 0 saturated heterocycles. The minimum absolute atomic E-state index is 0.225. The van der Waals surface area contributed by atoms with Gasteiger partial charge in [-0.1, -0.05) is 30.6 Å². The van der Waals surface area contributed by atoms with Gasteiger partial charge >= 0.3 is 6.09 Å². The highest BCUT2D eigenvalue weighted by atomic mass is 35.5. The fraction of sp³-hybridized carbons (Fsp3) is 0.577. The topological polar surface area (TPSA) is 99.2 Å². The molecule has 192 valence electrons. The first-order valence-electron chi connectivity index (χ1n) is 12.6. The molecule has 1 aliphatic carbocycles. The largest absolute Gasteiger partial charge is 0.444 e. The van der Waals surface area contributed by atoms with Gasteiger partial charge in [-0.2, -0.15) is 4.98 Å². The Kier molecular flexibility index (Phi) is 6.53. The van der Waals surface area contributed by atoms with Crippen molar-refractivity contribution >= 4 is 17.7 Å². The molecule has 2 aliphatic rings. The molecule has 3 aromatic rings. The van der Waals surface area contributed by atoms with E-state index >= 15 is 0 Å². The number of benzene rings is 1. The van der Waals surface area contributed by atoms with Crippen LogP contribution in [0.5, 0.6) is 0 Å². The molecule has 10 heteroatoms. The first-order valence-corrected chi connectivity index (χ1v) is 13.0. The lowest BCUT2D eigenvalue weighted by Gasteiger charge is -2.26. The lowest BCUT2D eigenvalue weighted by Crippen LogP contribution is -2.35. The van der Waals surface area contributed by atoms with E-state index in [1.54, 1.807) is 4.90 Å². The number of hydrogen-bond donors (Lipinski definition) is 0. The Hall–Kier alpha value is -2.94. The van der Waals surface area contributed by atoms with Crippen LogP contribution < -0.4 is 0 Å². The molecule has 0 bridgehead atoms. The van der Waals surface area contributed by atoms with Crippen molar-refractivity contribution in [2.75, 3.05) is 0 Å². The van der Waals surface area contributed by atoms with Gasteiger partial charge in [0, 0.05) is 22.8 Å². The van der Waals surface area contributed by atoms with Crippen LogP contribution >= 0.6 is 11.6 Å². The van der Waals surface area contributed by atoms with Crippen LogP contribution in [0.3, 0.4) is 0 Å². The van der Waals surface area contributed by atoms with Crippen molar-refractivity contribution in [3.05, 3.63) is 52.1 Å². The van der Waals surface area contributed by atoms with Crippen molar-refractivity contribution in [1.82, 2.24) is 29.8 Å². The number of halogens is 1. The first-order chi connectivity index (χ1) is 17.1. The van der Waals surface area contributed by atoms with E-state index < -0.39 is 5.60 Å². The maximum absolute atomic E-state index is 13.0. The molecule has 0 spiro atoms. The number of aromatic nitrogens is 5. The van der Waals surface area contributed by atoms with Crippen molar-refractivity contribution in [3.8, 4) is 5.69 Å². The molecule has 3 heterocycles. The molecule has 1 aliphatic heterocycles. The second kappa shape index (κ2) is 9.50. The van der Waals surface area contributed by atoms with Crippen LogP contribution in [0, 0.1) is 0 Å². The van der Waals surface area contributed by atoms with Gasteiger partial charge in [-0.3, -0.25) is 9.47 Å². The van der Waals surface area contributed by atoms with E-state index in [2.05, 4.69) is 38.8 Å². The Morgan fingerprint density at radius 2 is 1.83 bits per heavy atom. The standard InChI is InChI=1S/C26H33ClN6O3/c1-15(2)24-28-22(31-36-24)16-6-8-17(9-7-16)23-30-29-21-14-32(25(34)35-26(3,4)5)13-18-12-19(27)10-11-20(18)33(21)23/h10-12,15-17H,6-9,13-14H2,1-5H3/t16-,17-. The van der Waals surface area contributed by atoms with Gasteiger partial charge in [-0.05, 0) is 70.2 Å². The van der Waals surface area contributed by atoms with E-state index in [0.717, 1.165) is 54.4 Å². The van der Waals surface area contributed by atoms with Crippen molar-refractivity contribution in [1.29, 1.82) is 0 Å². The highest BCUT2D eigenvalue weighted by Gasteiger charge is 2.34. The van der Waals surface area contributed by atoms with Gasteiger partial charge in [0.1, 0.15) is 11.4 Å². The van der Waals surface area contributed by atoms with Crippen LogP contribution in [0.15, 0.2) is 22.7 Å². The fourth-order valence-electron chi connectivity index (χ4n) is 5.00. The summed E-state index contributed by atoms with van der Waals surface area (Å²) in [5.41, 5.74) is 1.31. The number of ether oxygens (including phenoxy) is 1. The molecule has 9 nitrogen and oxygen atoms in total. The number of nitrogens with zero attached hydrogens (tertiary/aromatic N) is 6. The zero-order chi connectivity index (χ0) is 25.6. The number of rotatable bonds is 3. The maximum Gasteiger partial charge on any atom is 0.411 e. The highest BCUT2D eigenvalue weighted by molar-refractivity contribution is 6.30. The Labute approximate surface area is 216 Å². The molecule has 5 rings (SSSR count). The average molecular weight is 513 g/mol. The van der Waals surface area contributed by atoms with E-state index in [9.17, 15) is 4.79 Å². The Morgan fingerprint density at radius 1 is 1.11 bits per heavy atom. The minimum atomic E-state index is -0.591. The summed E-state index contributed by atoms with van der Waals surface area (Å²) >= 11 is 6.35. The van der Waals surface area contributed by atoms with Gasteiger partial charge in [0.25, 0.3) is 0 Å². The summed E-state index contributed by atoms with van der Waals surface area (Å²) in [5.74, 6) is 3.91. The van der Waals surface area contributed by atoms with Crippen LogP contribution in [0.25, 0.3) is 5.69 Å². The Balaban J connectivity index is 1.41. The van der Waals surface area contributed by atoms with Crippen molar-refractivity contribution in [3.63, 3.8) is 0 Å². The average Bonchev–Trinajstić information content (AvgIpc) is 3.43. The quantitative estimate of drug-likeness (QED) is 0.416. The smallest absolute Gasteiger partial charge is 0.411 e. The van der Waals surface area contributed by atoms with E-state index in [-0.39, 0.29) is 23.8 Å². The van der Waals surface area contributed by atoms with Gasteiger partial charge in [0.2, 0.25) is 5.89 Å². The summed E-state index contributed by atoms with van der Waals surface area (Å²) in [5, 5.41) is 14.0. The van der Waals surface area contributed by atoms with Crippen LogP contribution in [0.4, 0.5) is 4.79 Å². The Morgan fingerprint density at radius 3 is 2.50 bits per heavy atom. The molecule has 0 unspecified atom stereocenters. The van der Waals surface area contributed by atoms with Gasteiger partial charge < -0.3 is 9.26 Å². The number of carbonyl (C=O) groups excluding carboxylic acids is 1. The normalized spacial score (nSPS) is 20.1. The second-order valence-electron chi connectivity index (χ2n) is 11.1. The van der Waals surface area contributed by atoms with Crippen LogP contribution in [0.2, 0.25) is 5.02 Å². The minimum Gasteiger partial charge on any atom is -0.444 e. The molecule has 2 aromatic heterocycles. The van der Waals surface area contributed by atoms with E-state index in [1.807, 2.05) is 39.0 Å². The maximum atomic E-state index is 13.0. The van der Waals surface area contributed by atoms with Gasteiger partial charge in [0.15, 0.2) is 11.6 Å². The monoisotopic (exact) mass is 512 g/mol. The molecule has 0 radical (unpaired) electrons. The molecule has 0 atom stereocenters. The third-order valence-corrected chi connectivity index (χ3v) is 7.03. The SMILES string of the molecule is CC(C)c1nc([C@H]2CC[C@H](c3nnc4n3-c3ccc(Cl)cc3CN(C(=O)OC(C)(C)C)C4)CC2)no1. The summed E-state index contributed by atoms with van der Waals surface area (Å²) in [6.45, 7) is 10.4. The zero-order valence-electron chi connectivity index (χ0n) is 21.5. The van der Waals surface area contributed by atoms with E-state index in [4.69, 9.17) is 20.9 Å². The molecular weight excluding hydrogens is 480 g/mol. The summed E-state index contributed by atoms with van der Waals surface area (Å²) in [4.78, 5) is 19.3. The number of hydrogen-bond acceptors (Lipinski definition) is 7. The van der Waals surface area contributed by atoms with Gasteiger partial charge in [0.05, 0.1) is 18.8 Å². The third-order valence-electron chi connectivity index (χ3n) is 6.79. The highest BCUT2D eigenvalue weighted by Crippen LogP contribution is 2.41. The fourth-order valence-corrected chi connectivity index (χ4v) is 5.20. The molecule has 1 saturated carbocycles.